The minimum absolute atomic E-state index is 0.0974. The fourth-order valence-corrected chi connectivity index (χ4v) is 2.51. The molecule has 0 bridgehead atoms. The van der Waals surface area contributed by atoms with Gasteiger partial charge in [0, 0.05) is 25.2 Å². The number of rotatable bonds is 6. The SMILES string of the molecule is CCNCc1cccc(C)c1OCC(=O)N1CCCC1. The van der Waals surface area contributed by atoms with Crippen molar-refractivity contribution in [2.75, 3.05) is 26.2 Å². The Balaban J connectivity index is 1.98. The summed E-state index contributed by atoms with van der Waals surface area (Å²) < 4.78 is 5.81. The summed E-state index contributed by atoms with van der Waals surface area (Å²) in [5.74, 6) is 0.946. The molecule has 1 saturated heterocycles. The highest BCUT2D eigenvalue weighted by molar-refractivity contribution is 5.78. The van der Waals surface area contributed by atoms with Crippen LogP contribution in [0.5, 0.6) is 5.75 Å². The molecule has 110 valence electrons. The molecule has 4 nitrogen and oxygen atoms in total. The number of likely N-dealkylation sites (tertiary alicyclic amines) is 1. The van der Waals surface area contributed by atoms with Crippen LogP contribution in [0.4, 0.5) is 0 Å². The van der Waals surface area contributed by atoms with E-state index < -0.39 is 0 Å². The lowest BCUT2D eigenvalue weighted by Gasteiger charge is -2.18. The first-order chi connectivity index (χ1) is 9.72. The number of nitrogens with zero attached hydrogens (tertiary/aromatic N) is 1. The largest absolute Gasteiger partial charge is 0.483 e. The smallest absolute Gasteiger partial charge is 0.260 e. The zero-order valence-corrected chi connectivity index (χ0v) is 12.4. The van der Waals surface area contributed by atoms with E-state index in [4.69, 9.17) is 4.74 Å². The molecular formula is C16H24N2O2. The summed E-state index contributed by atoms with van der Waals surface area (Å²) >= 11 is 0. The van der Waals surface area contributed by atoms with Gasteiger partial charge in [-0.25, -0.2) is 0 Å². The Bertz CT molecular complexity index is 454. The van der Waals surface area contributed by atoms with E-state index >= 15 is 0 Å². The number of carbonyl (C=O) groups excluding carboxylic acids is 1. The minimum Gasteiger partial charge on any atom is -0.483 e. The van der Waals surface area contributed by atoms with Crippen LogP contribution in [0, 0.1) is 6.92 Å². The second-order valence-corrected chi connectivity index (χ2v) is 5.22. The van der Waals surface area contributed by atoms with Gasteiger partial charge < -0.3 is 15.0 Å². The lowest BCUT2D eigenvalue weighted by Crippen LogP contribution is -2.32. The summed E-state index contributed by atoms with van der Waals surface area (Å²) in [6.45, 7) is 7.67. The van der Waals surface area contributed by atoms with Gasteiger partial charge in [0.1, 0.15) is 5.75 Å². The fourth-order valence-electron chi connectivity index (χ4n) is 2.51. The Hall–Kier alpha value is -1.55. The zero-order chi connectivity index (χ0) is 14.4. The van der Waals surface area contributed by atoms with Crippen molar-refractivity contribution in [3.8, 4) is 5.75 Å². The number of para-hydroxylation sites is 1. The van der Waals surface area contributed by atoms with Gasteiger partial charge in [0.2, 0.25) is 0 Å². The van der Waals surface area contributed by atoms with Crippen molar-refractivity contribution < 1.29 is 9.53 Å². The van der Waals surface area contributed by atoms with Crippen LogP contribution < -0.4 is 10.1 Å². The topological polar surface area (TPSA) is 41.6 Å². The minimum atomic E-state index is 0.0974. The summed E-state index contributed by atoms with van der Waals surface area (Å²) in [6, 6.07) is 6.09. The van der Waals surface area contributed by atoms with E-state index in [0.717, 1.165) is 55.9 Å². The molecule has 0 saturated carbocycles. The van der Waals surface area contributed by atoms with Crippen LogP contribution in [-0.2, 0) is 11.3 Å². The monoisotopic (exact) mass is 276 g/mol. The number of amides is 1. The Labute approximate surface area is 121 Å². The van der Waals surface area contributed by atoms with Crippen LogP contribution in [0.1, 0.15) is 30.9 Å². The van der Waals surface area contributed by atoms with E-state index in [0.29, 0.717) is 0 Å². The number of hydrogen-bond donors (Lipinski definition) is 1. The Morgan fingerprint density at radius 1 is 1.35 bits per heavy atom. The molecule has 0 spiro atoms. The predicted molar refractivity (Wildman–Crippen MR) is 79.9 cm³/mol. The van der Waals surface area contributed by atoms with Crippen molar-refractivity contribution in [2.45, 2.75) is 33.2 Å². The Morgan fingerprint density at radius 2 is 2.10 bits per heavy atom. The van der Waals surface area contributed by atoms with Crippen LogP contribution in [0.25, 0.3) is 0 Å². The summed E-state index contributed by atoms with van der Waals surface area (Å²) in [6.07, 6.45) is 2.23. The Kier molecular flexibility index (Phi) is 5.41. The van der Waals surface area contributed by atoms with Crippen LogP contribution >= 0.6 is 0 Å². The van der Waals surface area contributed by atoms with Gasteiger partial charge in [-0.2, -0.15) is 0 Å². The molecule has 2 rings (SSSR count). The van der Waals surface area contributed by atoms with Crippen LogP contribution in [0.2, 0.25) is 0 Å². The Morgan fingerprint density at radius 3 is 2.80 bits per heavy atom. The molecule has 1 amide bonds. The van der Waals surface area contributed by atoms with E-state index in [1.165, 1.54) is 0 Å². The zero-order valence-electron chi connectivity index (χ0n) is 12.4. The third-order valence-corrected chi connectivity index (χ3v) is 3.66. The summed E-state index contributed by atoms with van der Waals surface area (Å²) in [5.41, 5.74) is 2.19. The number of hydrogen-bond acceptors (Lipinski definition) is 3. The number of nitrogens with one attached hydrogen (secondary N) is 1. The van der Waals surface area contributed by atoms with E-state index in [9.17, 15) is 4.79 Å². The normalized spacial score (nSPS) is 14.6. The van der Waals surface area contributed by atoms with Crippen molar-refractivity contribution in [1.82, 2.24) is 10.2 Å². The molecule has 1 fully saturated rings. The molecule has 4 heteroatoms. The molecule has 0 radical (unpaired) electrons. The summed E-state index contributed by atoms with van der Waals surface area (Å²) in [7, 11) is 0. The van der Waals surface area contributed by atoms with Gasteiger partial charge in [0.05, 0.1) is 0 Å². The fraction of sp³-hybridized carbons (Fsp3) is 0.562. The third kappa shape index (κ3) is 3.73. The molecule has 1 heterocycles. The average Bonchev–Trinajstić information content (AvgIpc) is 2.98. The molecule has 0 aliphatic carbocycles. The molecule has 1 aromatic carbocycles. The van der Waals surface area contributed by atoms with Gasteiger partial charge in [0.25, 0.3) is 5.91 Å². The number of carbonyl (C=O) groups is 1. The lowest BCUT2D eigenvalue weighted by atomic mass is 10.1. The van der Waals surface area contributed by atoms with Crippen molar-refractivity contribution >= 4 is 5.91 Å². The highest BCUT2D eigenvalue weighted by Crippen LogP contribution is 2.23. The van der Waals surface area contributed by atoms with E-state index in [1.54, 1.807) is 0 Å². The molecule has 1 aliphatic heterocycles. The van der Waals surface area contributed by atoms with Crippen molar-refractivity contribution in [3.05, 3.63) is 29.3 Å². The first kappa shape index (κ1) is 14.9. The van der Waals surface area contributed by atoms with Crippen LogP contribution in [0.15, 0.2) is 18.2 Å². The van der Waals surface area contributed by atoms with E-state index in [1.807, 2.05) is 30.0 Å². The van der Waals surface area contributed by atoms with Gasteiger partial charge in [0.15, 0.2) is 6.61 Å². The quantitative estimate of drug-likeness (QED) is 0.865. The number of aryl methyl sites for hydroxylation is 1. The van der Waals surface area contributed by atoms with Crippen molar-refractivity contribution in [2.24, 2.45) is 0 Å². The first-order valence-electron chi connectivity index (χ1n) is 7.42. The molecule has 20 heavy (non-hydrogen) atoms. The van der Waals surface area contributed by atoms with Crippen molar-refractivity contribution in [1.29, 1.82) is 0 Å². The maximum atomic E-state index is 12.0. The van der Waals surface area contributed by atoms with Crippen LogP contribution in [0.3, 0.4) is 0 Å². The predicted octanol–water partition coefficient (Wildman–Crippen LogP) is 2.11. The molecular weight excluding hydrogens is 252 g/mol. The van der Waals surface area contributed by atoms with Crippen LogP contribution in [-0.4, -0.2) is 37.0 Å². The molecule has 0 aromatic heterocycles. The van der Waals surface area contributed by atoms with Gasteiger partial charge in [-0.3, -0.25) is 4.79 Å². The molecule has 0 unspecified atom stereocenters. The van der Waals surface area contributed by atoms with Gasteiger partial charge in [-0.05, 0) is 31.9 Å². The van der Waals surface area contributed by atoms with E-state index in [-0.39, 0.29) is 12.5 Å². The third-order valence-electron chi connectivity index (χ3n) is 3.66. The number of benzene rings is 1. The second kappa shape index (κ2) is 7.29. The molecule has 1 aliphatic rings. The standard InChI is InChI=1S/C16H24N2O2/c1-3-17-11-14-8-6-7-13(2)16(14)20-12-15(19)18-9-4-5-10-18/h6-8,17H,3-5,9-12H2,1-2H3. The number of ether oxygens (including phenoxy) is 1. The van der Waals surface area contributed by atoms with Gasteiger partial charge >= 0.3 is 0 Å². The summed E-state index contributed by atoms with van der Waals surface area (Å²) in [5, 5.41) is 3.30. The lowest BCUT2D eigenvalue weighted by molar-refractivity contribution is -0.132. The van der Waals surface area contributed by atoms with Crippen molar-refractivity contribution in [3.63, 3.8) is 0 Å². The second-order valence-electron chi connectivity index (χ2n) is 5.22. The molecule has 0 atom stereocenters. The summed E-state index contributed by atoms with van der Waals surface area (Å²) in [4.78, 5) is 13.9. The van der Waals surface area contributed by atoms with Gasteiger partial charge in [-0.1, -0.05) is 25.1 Å². The maximum absolute atomic E-state index is 12.0. The molecule has 1 N–H and O–H groups in total. The highest BCUT2D eigenvalue weighted by atomic mass is 16.5. The average molecular weight is 276 g/mol. The van der Waals surface area contributed by atoms with E-state index in [2.05, 4.69) is 12.2 Å². The maximum Gasteiger partial charge on any atom is 0.260 e. The first-order valence-corrected chi connectivity index (χ1v) is 7.42. The highest BCUT2D eigenvalue weighted by Gasteiger charge is 2.19. The molecule has 1 aromatic rings. The van der Waals surface area contributed by atoms with Gasteiger partial charge in [-0.15, -0.1) is 0 Å².